The molecule has 0 aliphatic heterocycles. The lowest BCUT2D eigenvalue weighted by molar-refractivity contribution is 0.140. The second-order valence-corrected chi connectivity index (χ2v) is 4.49. The molecule has 92 valence electrons. The molecule has 1 aromatic rings. The quantitative estimate of drug-likeness (QED) is 0.807. The second-order valence-electron chi connectivity index (χ2n) is 4.49. The molecule has 0 bridgehead atoms. The zero-order chi connectivity index (χ0) is 12.1. The molecular formula is C13H24N2O. The summed E-state index contributed by atoms with van der Waals surface area (Å²) in [7, 11) is 1.91. The Morgan fingerprint density at radius 1 is 1.31 bits per heavy atom. The van der Waals surface area contributed by atoms with Crippen molar-refractivity contribution in [2.45, 2.75) is 52.6 Å². The number of hydrogen-bond donors (Lipinski definition) is 1. The van der Waals surface area contributed by atoms with Crippen LogP contribution in [0.1, 0.15) is 57.4 Å². The monoisotopic (exact) mass is 224 g/mol. The van der Waals surface area contributed by atoms with Crippen LogP contribution in [0.3, 0.4) is 0 Å². The summed E-state index contributed by atoms with van der Waals surface area (Å²) >= 11 is 0. The van der Waals surface area contributed by atoms with Crippen molar-refractivity contribution in [2.24, 2.45) is 13.0 Å². The van der Waals surface area contributed by atoms with Gasteiger partial charge in [-0.2, -0.15) is 5.10 Å². The molecule has 0 aliphatic rings. The van der Waals surface area contributed by atoms with Gasteiger partial charge in [-0.1, -0.05) is 33.6 Å². The molecule has 0 saturated heterocycles. The molecule has 0 amide bonds. The van der Waals surface area contributed by atoms with Crippen LogP contribution in [-0.2, 0) is 13.5 Å². The molecule has 0 saturated carbocycles. The Labute approximate surface area is 98.5 Å². The molecule has 1 atom stereocenters. The Hall–Kier alpha value is -0.830. The third-order valence-corrected chi connectivity index (χ3v) is 3.34. The normalized spacial score (nSPS) is 13.4. The fraction of sp³-hybridized carbons (Fsp3) is 0.769. The maximum Gasteiger partial charge on any atom is 0.0826 e. The van der Waals surface area contributed by atoms with Gasteiger partial charge >= 0.3 is 0 Å². The van der Waals surface area contributed by atoms with Crippen LogP contribution in [0.25, 0.3) is 0 Å². The van der Waals surface area contributed by atoms with Gasteiger partial charge in [-0.15, -0.1) is 0 Å². The lowest BCUT2D eigenvalue weighted by atomic mass is 9.93. The van der Waals surface area contributed by atoms with Crippen molar-refractivity contribution in [3.05, 3.63) is 17.5 Å². The van der Waals surface area contributed by atoms with E-state index in [0.29, 0.717) is 5.92 Å². The molecule has 3 heteroatoms. The number of rotatable bonds is 6. The number of aryl methyl sites for hydroxylation is 2. The smallest absolute Gasteiger partial charge is 0.0826 e. The molecule has 0 radical (unpaired) electrons. The average molecular weight is 224 g/mol. The standard InChI is InChI=1S/C13H24N2O/c1-5-10(6-2)8-13(16)11-9-15(4)14-12(11)7-3/h9-10,13,16H,5-8H2,1-4H3. The predicted octanol–water partition coefficient (Wildman–Crippen LogP) is 2.84. The zero-order valence-electron chi connectivity index (χ0n) is 10.9. The Balaban J connectivity index is 2.74. The highest BCUT2D eigenvalue weighted by atomic mass is 16.3. The number of aliphatic hydroxyl groups is 1. The summed E-state index contributed by atoms with van der Waals surface area (Å²) in [6.07, 6.45) is 5.60. The first-order valence-electron chi connectivity index (χ1n) is 6.32. The maximum atomic E-state index is 10.2. The molecule has 1 rings (SSSR count). The lowest BCUT2D eigenvalue weighted by Gasteiger charge is -2.17. The average Bonchev–Trinajstić information content (AvgIpc) is 2.67. The van der Waals surface area contributed by atoms with E-state index in [9.17, 15) is 5.11 Å². The zero-order valence-corrected chi connectivity index (χ0v) is 10.9. The van der Waals surface area contributed by atoms with E-state index in [1.54, 1.807) is 4.68 Å². The number of aromatic nitrogens is 2. The third kappa shape index (κ3) is 3.08. The summed E-state index contributed by atoms with van der Waals surface area (Å²) in [6, 6.07) is 0. The highest BCUT2D eigenvalue weighted by Gasteiger charge is 2.18. The van der Waals surface area contributed by atoms with Crippen LogP contribution in [0.15, 0.2) is 6.20 Å². The van der Waals surface area contributed by atoms with Crippen molar-refractivity contribution in [3.8, 4) is 0 Å². The van der Waals surface area contributed by atoms with Gasteiger partial charge in [0.15, 0.2) is 0 Å². The van der Waals surface area contributed by atoms with Gasteiger partial charge in [0.25, 0.3) is 0 Å². The van der Waals surface area contributed by atoms with E-state index in [4.69, 9.17) is 0 Å². The van der Waals surface area contributed by atoms with Crippen molar-refractivity contribution in [1.82, 2.24) is 9.78 Å². The van der Waals surface area contributed by atoms with Crippen LogP contribution < -0.4 is 0 Å². The highest BCUT2D eigenvalue weighted by Crippen LogP contribution is 2.26. The van der Waals surface area contributed by atoms with E-state index in [2.05, 4.69) is 25.9 Å². The molecule has 1 aromatic heterocycles. The molecule has 16 heavy (non-hydrogen) atoms. The molecule has 0 aromatic carbocycles. The first-order chi connectivity index (χ1) is 7.62. The van der Waals surface area contributed by atoms with Crippen LogP contribution in [0, 0.1) is 5.92 Å². The minimum absolute atomic E-state index is 0.353. The van der Waals surface area contributed by atoms with E-state index in [-0.39, 0.29) is 6.10 Å². The molecule has 0 spiro atoms. The van der Waals surface area contributed by atoms with E-state index >= 15 is 0 Å². The van der Waals surface area contributed by atoms with Gasteiger partial charge in [-0.3, -0.25) is 4.68 Å². The SMILES string of the molecule is CCc1nn(C)cc1C(O)CC(CC)CC. The van der Waals surface area contributed by atoms with E-state index < -0.39 is 0 Å². The summed E-state index contributed by atoms with van der Waals surface area (Å²) in [5.74, 6) is 0.611. The summed E-state index contributed by atoms with van der Waals surface area (Å²) in [5, 5.41) is 14.6. The largest absolute Gasteiger partial charge is 0.388 e. The van der Waals surface area contributed by atoms with Crippen molar-refractivity contribution >= 4 is 0 Å². The van der Waals surface area contributed by atoms with Gasteiger partial charge < -0.3 is 5.11 Å². The van der Waals surface area contributed by atoms with Crippen molar-refractivity contribution in [1.29, 1.82) is 0 Å². The Morgan fingerprint density at radius 2 is 1.94 bits per heavy atom. The molecule has 1 N–H and O–H groups in total. The highest BCUT2D eigenvalue weighted by molar-refractivity contribution is 5.19. The lowest BCUT2D eigenvalue weighted by Crippen LogP contribution is -2.07. The van der Waals surface area contributed by atoms with Gasteiger partial charge in [0.1, 0.15) is 0 Å². The molecule has 0 aliphatic carbocycles. The van der Waals surface area contributed by atoms with Crippen LogP contribution in [0.5, 0.6) is 0 Å². The van der Waals surface area contributed by atoms with E-state index in [1.807, 2.05) is 13.2 Å². The minimum Gasteiger partial charge on any atom is -0.388 e. The van der Waals surface area contributed by atoms with Crippen molar-refractivity contribution in [3.63, 3.8) is 0 Å². The van der Waals surface area contributed by atoms with Gasteiger partial charge in [0, 0.05) is 18.8 Å². The Bertz CT molecular complexity index is 316. The van der Waals surface area contributed by atoms with E-state index in [1.165, 1.54) is 0 Å². The predicted molar refractivity (Wildman–Crippen MR) is 66.2 cm³/mol. The van der Waals surface area contributed by atoms with Gasteiger partial charge in [0.2, 0.25) is 0 Å². The fourth-order valence-electron chi connectivity index (χ4n) is 2.17. The number of aliphatic hydroxyl groups excluding tert-OH is 1. The summed E-state index contributed by atoms with van der Waals surface area (Å²) < 4.78 is 1.80. The van der Waals surface area contributed by atoms with Crippen LogP contribution >= 0.6 is 0 Å². The fourth-order valence-corrected chi connectivity index (χ4v) is 2.17. The van der Waals surface area contributed by atoms with E-state index in [0.717, 1.165) is 36.9 Å². The third-order valence-electron chi connectivity index (χ3n) is 3.34. The maximum absolute atomic E-state index is 10.2. The second kappa shape index (κ2) is 6.04. The van der Waals surface area contributed by atoms with Gasteiger partial charge in [0.05, 0.1) is 11.8 Å². The first kappa shape index (κ1) is 13.2. The van der Waals surface area contributed by atoms with Crippen LogP contribution in [0.2, 0.25) is 0 Å². The summed E-state index contributed by atoms with van der Waals surface area (Å²) in [4.78, 5) is 0. The molecule has 1 heterocycles. The van der Waals surface area contributed by atoms with Gasteiger partial charge in [-0.25, -0.2) is 0 Å². The number of hydrogen-bond acceptors (Lipinski definition) is 2. The number of nitrogens with zero attached hydrogens (tertiary/aromatic N) is 2. The Kier molecular flexibility index (Phi) is 5.00. The molecule has 3 nitrogen and oxygen atoms in total. The Morgan fingerprint density at radius 3 is 2.44 bits per heavy atom. The van der Waals surface area contributed by atoms with Crippen molar-refractivity contribution < 1.29 is 5.11 Å². The molecule has 0 fully saturated rings. The first-order valence-corrected chi connectivity index (χ1v) is 6.32. The van der Waals surface area contributed by atoms with Crippen LogP contribution in [0.4, 0.5) is 0 Å². The molecular weight excluding hydrogens is 200 g/mol. The van der Waals surface area contributed by atoms with Crippen molar-refractivity contribution in [2.75, 3.05) is 0 Å². The summed E-state index contributed by atoms with van der Waals surface area (Å²) in [6.45, 7) is 6.45. The van der Waals surface area contributed by atoms with Gasteiger partial charge in [-0.05, 0) is 18.8 Å². The minimum atomic E-state index is -0.353. The van der Waals surface area contributed by atoms with Crippen LogP contribution in [-0.4, -0.2) is 14.9 Å². The molecule has 1 unspecified atom stereocenters. The summed E-state index contributed by atoms with van der Waals surface area (Å²) in [5.41, 5.74) is 2.04. The topological polar surface area (TPSA) is 38.0 Å².